The number of halogens is 3. The van der Waals surface area contributed by atoms with Crippen LogP contribution in [0.4, 0.5) is 13.2 Å². The Hall–Kier alpha value is -1.95. The van der Waals surface area contributed by atoms with Gasteiger partial charge in [0.1, 0.15) is 0 Å². The first kappa shape index (κ1) is 18.4. The Bertz CT molecular complexity index is 644. The number of hydrogen-bond acceptors (Lipinski definition) is 3. The molecule has 0 bridgehead atoms. The van der Waals surface area contributed by atoms with E-state index < -0.39 is 23.3 Å². The van der Waals surface area contributed by atoms with Crippen LogP contribution in [-0.4, -0.2) is 18.8 Å². The highest BCUT2D eigenvalue weighted by Crippen LogP contribution is 2.47. The van der Waals surface area contributed by atoms with Crippen LogP contribution in [0.2, 0.25) is 0 Å². The molecule has 2 unspecified atom stereocenters. The molecule has 0 aliphatic carbocycles. The molecule has 0 radical (unpaired) electrons. The van der Waals surface area contributed by atoms with Crippen LogP contribution in [0.15, 0.2) is 65.6 Å². The predicted molar refractivity (Wildman–Crippen MR) is 87.7 cm³/mol. The van der Waals surface area contributed by atoms with Gasteiger partial charge in [0.05, 0.1) is 11.9 Å². The van der Waals surface area contributed by atoms with Gasteiger partial charge in [0.2, 0.25) is 0 Å². The van der Waals surface area contributed by atoms with Crippen molar-refractivity contribution in [3.63, 3.8) is 0 Å². The van der Waals surface area contributed by atoms with Crippen molar-refractivity contribution in [2.45, 2.75) is 23.2 Å². The molecule has 0 saturated carbocycles. The summed E-state index contributed by atoms with van der Waals surface area (Å²) in [6, 6.07) is 17.0. The van der Waals surface area contributed by atoms with E-state index >= 15 is 0 Å². The van der Waals surface area contributed by atoms with Crippen LogP contribution in [0.5, 0.6) is 0 Å². The molecule has 0 fully saturated rings. The number of ether oxygens (including phenoxy) is 1. The van der Waals surface area contributed by atoms with E-state index in [0.29, 0.717) is 10.5 Å². The summed E-state index contributed by atoms with van der Waals surface area (Å²) in [5.74, 6) is -3.48. The fourth-order valence-electron chi connectivity index (χ4n) is 2.28. The smallest absolute Gasteiger partial charge is 0.403 e. The number of rotatable bonds is 6. The summed E-state index contributed by atoms with van der Waals surface area (Å²) in [5, 5.41) is -1.12. The maximum atomic E-state index is 13.6. The van der Waals surface area contributed by atoms with Gasteiger partial charge in [0.15, 0.2) is 5.92 Å². The molecular formula is C18H17F3O2S. The largest absolute Gasteiger partial charge is 0.465 e. The molecule has 0 aliphatic heterocycles. The number of carbonyl (C=O) groups is 1. The molecule has 128 valence electrons. The highest BCUT2D eigenvalue weighted by Gasteiger charge is 2.51. The highest BCUT2D eigenvalue weighted by molar-refractivity contribution is 7.99. The summed E-state index contributed by atoms with van der Waals surface area (Å²) < 4.78 is 45.6. The minimum absolute atomic E-state index is 0.0943. The van der Waals surface area contributed by atoms with Crippen molar-refractivity contribution in [3.8, 4) is 0 Å². The van der Waals surface area contributed by atoms with Gasteiger partial charge in [0, 0.05) is 4.90 Å². The number of hydrogen-bond donors (Lipinski definition) is 0. The molecular weight excluding hydrogens is 337 g/mol. The number of alkyl halides is 3. The van der Waals surface area contributed by atoms with E-state index in [2.05, 4.69) is 0 Å². The second-order valence-corrected chi connectivity index (χ2v) is 6.25. The highest BCUT2D eigenvalue weighted by atomic mass is 32.2. The van der Waals surface area contributed by atoms with Crippen LogP contribution in [0.3, 0.4) is 0 Å². The van der Waals surface area contributed by atoms with E-state index in [4.69, 9.17) is 4.74 Å². The van der Waals surface area contributed by atoms with Crippen LogP contribution in [0.25, 0.3) is 0 Å². The lowest BCUT2D eigenvalue weighted by Gasteiger charge is -2.27. The molecule has 2 rings (SSSR count). The Morgan fingerprint density at radius 2 is 1.58 bits per heavy atom. The lowest BCUT2D eigenvalue weighted by atomic mass is 9.98. The summed E-state index contributed by atoms with van der Waals surface area (Å²) in [6.45, 7) is 1.40. The van der Waals surface area contributed by atoms with Gasteiger partial charge in [-0.1, -0.05) is 48.5 Å². The molecule has 2 atom stereocenters. The van der Waals surface area contributed by atoms with Gasteiger partial charge in [-0.25, -0.2) is 0 Å². The molecule has 0 N–H and O–H groups in total. The van der Waals surface area contributed by atoms with Crippen molar-refractivity contribution in [3.05, 3.63) is 66.2 Å². The van der Waals surface area contributed by atoms with Crippen molar-refractivity contribution in [2.24, 2.45) is 5.92 Å². The fraction of sp³-hybridized carbons (Fsp3) is 0.278. The SMILES string of the molecule is CCOC(=O)C(C(Sc1ccccc1)c1ccccc1)C(F)(F)F. The monoisotopic (exact) mass is 354 g/mol. The van der Waals surface area contributed by atoms with Gasteiger partial charge >= 0.3 is 12.1 Å². The van der Waals surface area contributed by atoms with Crippen LogP contribution in [0, 0.1) is 5.92 Å². The van der Waals surface area contributed by atoms with Crippen LogP contribution >= 0.6 is 11.8 Å². The Balaban J connectivity index is 2.44. The second kappa shape index (κ2) is 8.24. The number of carbonyl (C=O) groups excluding carboxylic acids is 1. The van der Waals surface area contributed by atoms with Crippen molar-refractivity contribution in [1.29, 1.82) is 0 Å². The van der Waals surface area contributed by atoms with Gasteiger partial charge in [-0.3, -0.25) is 4.79 Å². The lowest BCUT2D eigenvalue weighted by molar-refractivity contribution is -0.197. The van der Waals surface area contributed by atoms with Gasteiger partial charge in [-0.15, -0.1) is 11.8 Å². The molecule has 0 aromatic heterocycles. The van der Waals surface area contributed by atoms with Gasteiger partial charge in [-0.2, -0.15) is 13.2 Å². The number of benzene rings is 2. The minimum atomic E-state index is -4.70. The van der Waals surface area contributed by atoms with Crippen LogP contribution < -0.4 is 0 Å². The number of thioether (sulfide) groups is 1. The van der Waals surface area contributed by atoms with Gasteiger partial charge < -0.3 is 4.74 Å². The topological polar surface area (TPSA) is 26.3 Å². The summed E-state index contributed by atoms with van der Waals surface area (Å²) in [6.07, 6.45) is -4.70. The second-order valence-electron chi connectivity index (χ2n) is 5.03. The summed E-state index contributed by atoms with van der Waals surface area (Å²) >= 11 is 1.01. The Morgan fingerprint density at radius 1 is 1.04 bits per heavy atom. The first-order valence-electron chi connectivity index (χ1n) is 7.43. The lowest BCUT2D eigenvalue weighted by Crippen LogP contribution is -2.36. The molecule has 0 heterocycles. The minimum Gasteiger partial charge on any atom is -0.465 e. The Kier molecular flexibility index (Phi) is 6.31. The molecule has 0 spiro atoms. The molecule has 2 aromatic rings. The summed E-state index contributed by atoms with van der Waals surface area (Å²) in [7, 11) is 0. The molecule has 6 heteroatoms. The van der Waals surface area contributed by atoms with E-state index in [9.17, 15) is 18.0 Å². The van der Waals surface area contributed by atoms with E-state index in [-0.39, 0.29) is 6.61 Å². The standard InChI is InChI=1S/C18H17F3O2S/c1-2-23-17(22)15(18(19,20)21)16(13-9-5-3-6-10-13)24-14-11-7-4-8-12-14/h3-12,15-16H,2H2,1H3. The number of esters is 1. The Labute approximate surface area is 143 Å². The molecule has 0 saturated heterocycles. The van der Waals surface area contributed by atoms with E-state index in [0.717, 1.165) is 11.8 Å². The summed E-state index contributed by atoms with van der Waals surface area (Å²) in [5.41, 5.74) is 0.432. The van der Waals surface area contributed by atoms with Gasteiger partial charge in [0.25, 0.3) is 0 Å². The van der Waals surface area contributed by atoms with Crippen LogP contribution in [0.1, 0.15) is 17.7 Å². The quantitative estimate of drug-likeness (QED) is 0.523. The third-order valence-corrected chi connectivity index (χ3v) is 4.67. The predicted octanol–water partition coefficient (Wildman–Crippen LogP) is 5.26. The third kappa shape index (κ3) is 4.77. The third-order valence-electron chi connectivity index (χ3n) is 3.33. The zero-order valence-electron chi connectivity index (χ0n) is 13.0. The van der Waals surface area contributed by atoms with Crippen molar-refractivity contribution >= 4 is 17.7 Å². The fourth-order valence-corrected chi connectivity index (χ4v) is 3.58. The zero-order chi connectivity index (χ0) is 17.6. The van der Waals surface area contributed by atoms with Crippen molar-refractivity contribution < 1.29 is 22.7 Å². The van der Waals surface area contributed by atoms with E-state index in [1.54, 1.807) is 60.7 Å². The Morgan fingerprint density at radius 3 is 2.08 bits per heavy atom. The van der Waals surface area contributed by atoms with E-state index in [1.807, 2.05) is 0 Å². The molecule has 0 amide bonds. The van der Waals surface area contributed by atoms with Crippen molar-refractivity contribution in [1.82, 2.24) is 0 Å². The zero-order valence-corrected chi connectivity index (χ0v) is 13.8. The summed E-state index contributed by atoms with van der Waals surface area (Å²) in [4.78, 5) is 12.7. The molecule has 24 heavy (non-hydrogen) atoms. The molecule has 2 aromatic carbocycles. The molecule has 0 aliphatic rings. The first-order chi connectivity index (χ1) is 11.4. The van der Waals surface area contributed by atoms with Gasteiger partial charge in [-0.05, 0) is 24.6 Å². The average Bonchev–Trinajstić information content (AvgIpc) is 2.55. The van der Waals surface area contributed by atoms with Crippen molar-refractivity contribution in [2.75, 3.05) is 6.61 Å². The van der Waals surface area contributed by atoms with E-state index in [1.165, 1.54) is 6.92 Å². The normalized spacial score (nSPS) is 14.0. The first-order valence-corrected chi connectivity index (χ1v) is 8.31. The molecule has 2 nitrogen and oxygen atoms in total. The van der Waals surface area contributed by atoms with Crippen LogP contribution in [-0.2, 0) is 9.53 Å². The average molecular weight is 354 g/mol. The maximum absolute atomic E-state index is 13.6. The maximum Gasteiger partial charge on any atom is 0.403 e.